The van der Waals surface area contributed by atoms with Crippen molar-refractivity contribution < 1.29 is 9.53 Å². The van der Waals surface area contributed by atoms with Crippen LogP contribution in [0.3, 0.4) is 0 Å². The Bertz CT molecular complexity index is 336. The number of amides is 1. The van der Waals surface area contributed by atoms with Crippen LogP contribution in [0, 0.1) is 6.92 Å². The molecule has 3 nitrogen and oxygen atoms in total. The van der Waals surface area contributed by atoms with Crippen molar-refractivity contribution in [2.24, 2.45) is 0 Å². The third kappa shape index (κ3) is 4.82. The summed E-state index contributed by atoms with van der Waals surface area (Å²) in [5.41, 5.74) is 2.28. The molecule has 0 fully saturated rings. The van der Waals surface area contributed by atoms with Crippen LogP contribution in [0.5, 0.6) is 0 Å². The standard InChI is InChI=1S/C13H19NO2/c1-3-4-8-16-13(15)14-10-12-7-5-6-11(2)9-12/h5-7,9H,3-4,8,10H2,1-2H3,(H,14,15). The molecule has 0 saturated carbocycles. The first-order chi connectivity index (χ1) is 7.72. The van der Waals surface area contributed by atoms with Crippen LogP contribution < -0.4 is 5.32 Å². The Labute approximate surface area is 96.8 Å². The van der Waals surface area contributed by atoms with Crippen molar-refractivity contribution in [3.63, 3.8) is 0 Å². The monoisotopic (exact) mass is 221 g/mol. The smallest absolute Gasteiger partial charge is 0.407 e. The van der Waals surface area contributed by atoms with Crippen molar-refractivity contribution in [3.8, 4) is 0 Å². The van der Waals surface area contributed by atoms with E-state index in [4.69, 9.17) is 4.74 Å². The summed E-state index contributed by atoms with van der Waals surface area (Å²) in [6.45, 7) is 5.11. The van der Waals surface area contributed by atoms with Crippen LogP contribution >= 0.6 is 0 Å². The number of nitrogens with one attached hydrogen (secondary N) is 1. The molecule has 0 aromatic heterocycles. The van der Waals surface area contributed by atoms with Crippen molar-refractivity contribution in [3.05, 3.63) is 35.4 Å². The minimum Gasteiger partial charge on any atom is -0.450 e. The van der Waals surface area contributed by atoms with Crippen LogP contribution in [-0.4, -0.2) is 12.7 Å². The Balaban J connectivity index is 2.26. The maximum Gasteiger partial charge on any atom is 0.407 e. The number of ether oxygens (including phenoxy) is 1. The molecule has 0 unspecified atom stereocenters. The molecule has 1 aromatic carbocycles. The van der Waals surface area contributed by atoms with Crippen molar-refractivity contribution >= 4 is 6.09 Å². The maximum atomic E-state index is 11.2. The van der Waals surface area contributed by atoms with Gasteiger partial charge in [0, 0.05) is 6.54 Å². The van der Waals surface area contributed by atoms with Crippen molar-refractivity contribution in [2.75, 3.05) is 6.61 Å². The van der Waals surface area contributed by atoms with E-state index in [2.05, 4.69) is 12.2 Å². The molecule has 1 amide bonds. The van der Waals surface area contributed by atoms with Gasteiger partial charge in [0.05, 0.1) is 6.61 Å². The molecule has 0 heterocycles. The second kappa shape index (κ2) is 6.88. The van der Waals surface area contributed by atoms with Gasteiger partial charge in [-0.2, -0.15) is 0 Å². The predicted molar refractivity (Wildman–Crippen MR) is 64.3 cm³/mol. The highest BCUT2D eigenvalue weighted by Gasteiger charge is 2.01. The van der Waals surface area contributed by atoms with Gasteiger partial charge in [0.1, 0.15) is 0 Å². The first kappa shape index (κ1) is 12.6. The highest BCUT2D eigenvalue weighted by atomic mass is 16.5. The molecule has 0 saturated heterocycles. The van der Waals surface area contributed by atoms with E-state index >= 15 is 0 Å². The molecule has 1 N–H and O–H groups in total. The number of aryl methyl sites for hydroxylation is 1. The fourth-order valence-corrected chi connectivity index (χ4v) is 1.36. The van der Waals surface area contributed by atoms with E-state index in [9.17, 15) is 4.79 Å². The van der Waals surface area contributed by atoms with E-state index in [1.54, 1.807) is 0 Å². The lowest BCUT2D eigenvalue weighted by Gasteiger charge is -2.06. The molecule has 0 atom stereocenters. The minimum atomic E-state index is -0.338. The molecule has 0 bridgehead atoms. The van der Waals surface area contributed by atoms with Crippen LogP contribution in [0.15, 0.2) is 24.3 Å². The highest BCUT2D eigenvalue weighted by Crippen LogP contribution is 2.03. The van der Waals surface area contributed by atoms with Crippen LogP contribution in [0.4, 0.5) is 4.79 Å². The van der Waals surface area contributed by atoms with Gasteiger partial charge in [-0.15, -0.1) is 0 Å². The number of rotatable bonds is 5. The molecule has 88 valence electrons. The summed E-state index contributed by atoms with van der Waals surface area (Å²) in [5, 5.41) is 2.72. The van der Waals surface area contributed by atoms with E-state index in [1.807, 2.05) is 31.2 Å². The fourth-order valence-electron chi connectivity index (χ4n) is 1.36. The number of alkyl carbamates (subject to hydrolysis) is 1. The van der Waals surface area contributed by atoms with Crippen molar-refractivity contribution in [1.82, 2.24) is 5.32 Å². The summed E-state index contributed by atoms with van der Waals surface area (Å²) in [6, 6.07) is 8.05. The van der Waals surface area contributed by atoms with Crippen LogP contribution in [0.25, 0.3) is 0 Å². The van der Waals surface area contributed by atoms with Gasteiger partial charge in [-0.1, -0.05) is 43.2 Å². The number of hydrogen-bond donors (Lipinski definition) is 1. The largest absolute Gasteiger partial charge is 0.450 e. The molecule has 0 spiro atoms. The van der Waals surface area contributed by atoms with Gasteiger partial charge in [-0.25, -0.2) is 4.79 Å². The van der Waals surface area contributed by atoms with Gasteiger partial charge in [-0.05, 0) is 18.9 Å². The van der Waals surface area contributed by atoms with Gasteiger partial charge in [-0.3, -0.25) is 0 Å². The summed E-state index contributed by atoms with van der Waals surface area (Å²) < 4.78 is 4.98. The SMILES string of the molecule is CCCCOC(=O)NCc1cccc(C)c1. The zero-order valence-electron chi connectivity index (χ0n) is 9.95. The molecule has 0 radical (unpaired) electrons. The Kier molecular flexibility index (Phi) is 5.40. The number of unbranched alkanes of at least 4 members (excludes halogenated alkanes) is 1. The van der Waals surface area contributed by atoms with E-state index in [1.165, 1.54) is 5.56 Å². The fraction of sp³-hybridized carbons (Fsp3) is 0.462. The molecule has 16 heavy (non-hydrogen) atoms. The number of carbonyl (C=O) groups excluding carboxylic acids is 1. The molecular weight excluding hydrogens is 202 g/mol. The number of carbonyl (C=O) groups is 1. The lowest BCUT2D eigenvalue weighted by molar-refractivity contribution is 0.144. The second-order valence-electron chi connectivity index (χ2n) is 3.83. The minimum absolute atomic E-state index is 0.338. The van der Waals surface area contributed by atoms with E-state index in [-0.39, 0.29) is 6.09 Å². The van der Waals surface area contributed by atoms with E-state index in [0.717, 1.165) is 18.4 Å². The zero-order chi connectivity index (χ0) is 11.8. The van der Waals surface area contributed by atoms with Gasteiger partial charge in [0.25, 0.3) is 0 Å². The first-order valence-corrected chi connectivity index (χ1v) is 5.68. The summed E-state index contributed by atoms with van der Waals surface area (Å²) >= 11 is 0. The average Bonchev–Trinajstić information content (AvgIpc) is 2.27. The molecule has 1 aromatic rings. The predicted octanol–water partition coefficient (Wildman–Crippen LogP) is 3.02. The van der Waals surface area contributed by atoms with Gasteiger partial charge in [0.15, 0.2) is 0 Å². The first-order valence-electron chi connectivity index (χ1n) is 5.68. The van der Waals surface area contributed by atoms with Gasteiger partial charge in [0.2, 0.25) is 0 Å². The molecule has 3 heteroatoms. The average molecular weight is 221 g/mol. The maximum absolute atomic E-state index is 11.2. The summed E-state index contributed by atoms with van der Waals surface area (Å²) in [7, 11) is 0. The third-order valence-corrected chi connectivity index (χ3v) is 2.25. The molecular formula is C13H19NO2. The molecule has 0 aliphatic heterocycles. The zero-order valence-corrected chi connectivity index (χ0v) is 9.95. The van der Waals surface area contributed by atoms with E-state index < -0.39 is 0 Å². The Morgan fingerprint density at radius 1 is 1.44 bits per heavy atom. The van der Waals surface area contributed by atoms with Crippen LogP contribution in [-0.2, 0) is 11.3 Å². The topological polar surface area (TPSA) is 38.3 Å². The van der Waals surface area contributed by atoms with Crippen LogP contribution in [0.1, 0.15) is 30.9 Å². The highest BCUT2D eigenvalue weighted by molar-refractivity contribution is 5.67. The summed E-state index contributed by atoms with van der Waals surface area (Å²) in [4.78, 5) is 11.2. The summed E-state index contributed by atoms with van der Waals surface area (Å²) in [5.74, 6) is 0. The van der Waals surface area contributed by atoms with Crippen molar-refractivity contribution in [1.29, 1.82) is 0 Å². The molecule has 0 aliphatic carbocycles. The van der Waals surface area contributed by atoms with Crippen LogP contribution in [0.2, 0.25) is 0 Å². The Morgan fingerprint density at radius 2 is 2.25 bits per heavy atom. The Hall–Kier alpha value is -1.51. The second-order valence-corrected chi connectivity index (χ2v) is 3.83. The normalized spacial score (nSPS) is 9.88. The van der Waals surface area contributed by atoms with Crippen molar-refractivity contribution in [2.45, 2.75) is 33.2 Å². The lowest BCUT2D eigenvalue weighted by Crippen LogP contribution is -2.24. The van der Waals surface area contributed by atoms with Gasteiger partial charge < -0.3 is 10.1 Å². The lowest BCUT2D eigenvalue weighted by atomic mass is 10.1. The summed E-state index contributed by atoms with van der Waals surface area (Å²) in [6.07, 6.45) is 1.61. The Morgan fingerprint density at radius 3 is 2.94 bits per heavy atom. The molecule has 0 aliphatic rings. The van der Waals surface area contributed by atoms with E-state index in [0.29, 0.717) is 13.2 Å². The van der Waals surface area contributed by atoms with Gasteiger partial charge >= 0.3 is 6.09 Å². The molecule has 1 rings (SSSR count). The number of hydrogen-bond acceptors (Lipinski definition) is 2. The number of benzene rings is 1. The quantitative estimate of drug-likeness (QED) is 0.776. The third-order valence-electron chi connectivity index (χ3n) is 2.25.